The Kier molecular flexibility index (Phi) is 5.98. The van der Waals surface area contributed by atoms with Crippen LogP contribution in [-0.4, -0.2) is 62.4 Å². The molecule has 244 valence electrons. The fourth-order valence-corrected chi connectivity index (χ4v) is 12.4. The average Bonchev–Trinajstić information content (AvgIpc) is 3.52. The van der Waals surface area contributed by atoms with Gasteiger partial charge in [0.2, 0.25) is 0 Å². The zero-order valence-electron chi connectivity index (χ0n) is 28.3. The Labute approximate surface area is 266 Å². The number of hydrogen-bond acceptors (Lipinski definition) is 6. The van der Waals surface area contributed by atoms with E-state index in [0.29, 0.717) is 12.3 Å². The van der Waals surface area contributed by atoms with Crippen LogP contribution in [0.2, 0.25) is 0 Å². The number of aromatic amines is 1. The lowest BCUT2D eigenvalue weighted by atomic mass is 9.39. The van der Waals surface area contributed by atoms with Crippen molar-refractivity contribution in [2.24, 2.45) is 34.5 Å². The number of aromatic nitrogens is 1. The van der Waals surface area contributed by atoms with Crippen molar-refractivity contribution in [1.82, 2.24) is 4.98 Å². The lowest BCUT2D eigenvalue weighted by molar-refractivity contribution is -0.271. The summed E-state index contributed by atoms with van der Waals surface area (Å²) in [6.07, 6.45) is 4.65. The van der Waals surface area contributed by atoms with Crippen molar-refractivity contribution in [3.63, 3.8) is 0 Å². The van der Waals surface area contributed by atoms with Crippen LogP contribution < -0.4 is 0 Å². The number of carbonyl (C=O) groups excluding carboxylic acids is 2. The molecule has 6 aliphatic rings. The maximum Gasteiger partial charge on any atom is 0.169 e. The summed E-state index contributed by atoms with van der Waals surface area (Å²) in [6, 6.07) is 4.15. The van der Waals surface area contributed by atoms with Crippen LogP contribution in [0.25, 0.3) is 10.9 Å². The third-order valence-electron chi connectivity index (χ3n) is 14.7. The smallest absolute Gasteiger partial charge is 0.169 e. The first-order chi connectivity index (χ1) is 20.9. The lowest BCUT2D eigenvalue weighted by Gasteiger charge is -2.67. The van der Waals surface area contributed by atoms with Crippen LogP contribution in [0.15, 0.2) is 12.1 Å². The minimum Gasteiger partial charge on any atom is -0.392 e. The molecule has 0 bridgehead atoms. The van der Waals surface area contributed by atoms with Gasteiger partial charge in [0.15, 0.2) is 5.78 Å². The summed E-state index contributed by atoms with van der Waals surface area (Å²) in [4.78, 5) is 31.4. The number of aliphatic hydroxyl groups excluding tert-OH is 1. The second kappa shape index (κ2) is 8.89. The van der Waals surface area contributed by atoms with Gasteiger partial charge in [-0.25, -0.2) is 0 Å². The van der Waals surface area contributed by atoms with Gasteiger partial charge < -0.3 is 29.5 Å². The Bertz CT molecular complexity index is 1630. The van der Waals surface area contributed by atoms with E-state index in [1.807, 2.05) is 6.07 Å². The Morgan fingerprint density at radius 3 is 2.42 bits per heavy atom. The predicted octanol–water partition coefficient (Wildman–Crippen LogP) is 5.84. The lowest BCUT2D eigenvalue weighted by Crippen LogP contribution is -2.70. The molecule has 3 heterocycles. The van der Waals surface area contributed by atoms with Crippen molar-refractivity contribution >= 4 is 23.0 Å². The van der Waals surface area contributed by atoms with Gasteiger partial charge in [-0.1, -0.05) is 13.8 Å². The van der Waals surface area contributed by atoms with Gasteiger partial charge in [0, 0.05) is 39.9 Å². The van der Waals surface area contributed by atoms with E-state index in [1.165, 1.54) is 22.2 Å². The number of carbonyl (C=O) groups is 2. The average molecular weight is 618 g/mol. The second-order valence-electron chi connectivity index (χ2n) is 17.8. The molecule has 1 aromatic heterocycles. The van der Waals surface area contributed by atoms with Gasteiger partial charge in [0.05, 0.1) is 46.4 Å². The van der Waals surface area contributed by atoms with Gasteiger partial charge in [-0.15, -0.1) is 0 Å². The largest absolute Gasteiger partial charge is 0.392 e. The first-order valence-electron chi connectivity index (χ1n) is 17.4. The molecule has 7 nitrogen and oxygen atoms in total. The van der Waals surface area contributed by atoms with Crippen molar-refractivity contribution in [1.29, 1.82) is 0 Å². The predicted molar refractivity (Wildman–Crippen MR) is 171 cm³/mol. The number of benzene rings is 1. The molecule has 7 heteroatoms. The number of aldehydes is 1. The molecular weight excluding hydrogens is 566 g/mol. The maximum absolute atomic E-state index is 14.2. The van der Waals surface area contributed by atoms with E-state index in [4.69, 9.17) is 9.47 Å². The Morgan fingerprint density at radius 1 is 1.00 bits per heavy atom. The number of hydrogen-bond donors (Lipinski definition) is 3. The van der Waals surface area contributed by atoms with E-state index < -0.39 is 40.5 Å². The number of fused-ring (bicyclic) bond motifs is 12. The highest BCUT2D eigenvalue weighted by Gasteiger charge is 2.71. The van der Waals surface area contributed by atoms with Gasteiger partial charge >= 0.3 is 0 Å². The zero-order chi connectivity index (χ0) is 32.3. The monoisotopic (exact) mass is 617 g/mol. The fourth-order valence-electron chi connectivity index (χ4n) is 12.4. The minimum atomic E-state index is -1.10. The standard InChI is InChI=1S/C38H51NO6/c1-33(2,43)28-17-26(41)38(18-40)25-12-9-19-15-22-29-21-16-23-30(35(5,6)45-34(23,3)4)31(42)20(21)10-11-24(29)39-32(22)37(19,8)36(25,7)14-13-27(38)44-28/h10-11,18-19,23,25-28,30,39,41,43H,9,12-17H2,1-8H3/t19-,23+,25+,26+,27-,28-,30-,36-,37+,38+/m0/s1. The highest BCUT2D eigenvalue weighted by molar-refractivity contribution is 6.06. The first kappa shape index (κ1) is 30.3. The van der Waals surface area contributed by atoms with E-state index in [2.05, 4.69) is 52.6 Å². The number of Topliss-reactive ketones (excluding diaryl/α,β-unsaturated/α-hetero) is 1. The van der Waals surface area contributed by atoms with E-state index in [9.17, 15) is 19.8 Å². The number of nitrogens with one attached hydrogen (secondary N) is 1. The van der Waals surface area contributed by atoms with Gasteiger partial charge in [0.25, 0.3) is 0 Å². The van der Waals surface area contributed by atoms with Gasteiger partial charge in [-0.05, 0) is 121 Å². The van der Waals surface area contributed by atoms with Crippen LogP contribution in [-0.2, 0) is 32.5 Å². The molecule has 10 atom stereocenters. The quantitative estimate of drug-likeness (QED) is 0.366. The first-order valence-corrected chi connectivity index (χ1v) is 17.4. The third kappa shape index (κ3) is 3.52. The summed E-state index contributed by atoms with van der Waals surface area (Å²) in [6.45, 7) is 16.6. The van der Waals surface area contributed by atoms with Crippen LogP contribution in [0.3, 0.4) is 0 Å². The number of H-pyrrole nitrogens is 1. The molecule has 2 aromatic rings. The highest BCUT2D eigenvalue weighted by atomic mass is 16.5. The summed E-state index contributed by atoms with van der Waals surface area (Å²) in [7, 11) is 0. The van der Waals surface area contributed by atoms with Crippen LogP contribution >= 0.6 is 0 Å². The van der Waals surface area contributed by atoms with Crippen molar-refractivity contribution in [2.75, 3.05) is 0 Å². The molecule has 3 N–H and O–H groups in total. The van der Waals surface area contributed by atoms with Crippen molar-refractivity contribution < 1.29 is 29.3 Å². The van der Waals surface area contributed by atoms with E-state index >= 15 is 0 Å². The number of ether oxygens (including phenoxy) is 2. The second-order valence-corrected chi connectivity index (χ2v) is 17.8. The molecule has 0 unspecified atom stereocenters. The molecule has 4 aliphatic carbocycles. The molecule has 8 rings (SSSR count). The minimum absolute atomic E-state index is 0.0486. The van der Waals surface area contributed by atoms with Gasteiger partial charge in [0.1, 0.15) is 6.29 Å². The number of aliphatic hydroxyl groups is 2. The Balaban J connectivity index is 1.24. The van der Waals surface area contributed by atoms with Crippen LogP contribution in [0.4, 0.5) is 0 Å². The Morgan fingerprint density at radius 2 is 1.73 bits per heavy atom. The highest BCUT2D eigenvalue weighted by Crippen LogP contribution is 2.71. The summed E-state index contributed by atoms with van der Waals surface area (Å²) >= 11 is 0. The fraction of sp³-hybridized carbons (Fsp3) is 0.737. The summed E-state index contributed by atoms with van der Waals surface area (Å²) in [5.41, 5.74) is 2.27. The normalized spacial score (nSPS) is 44.4. The van der Waals surface area contributed by atoms with Crippen molar-refractivity contribution in [3.05, 3.63) is 34.5 Å². The van der Waals surface area contributed by atoms with Crippen LogP contribution in [0.5, 0.6) is 0 Å². The SMILES string of the molecule is CC(C)(O)[C@@H]1C[C@@H](O)[C@]2(C=O)[C@H](CC[C@@]3(C)[C@H]2CC[C@H]2Cc4c([nH]c5ccc6c(c45)C[C@@H]4[C@@H](C6=O)C(C)(C)OC4(C)C)[C@@]23C)O1. The molecule has 0 spiro atoms. The Hall–Kier alpha value is -2.06. The van der Waals surface area contributed by atoms with E-state index in [1.54, 1.807) is 13.8 Å². The molecule has 4 fully saturated rings. The summed E-state index contributed by atoms with van der Waals surface area (Å²) in [5, 5.41) is 23.8. The van der Waals surface area contributed by atoms with Crippen LogP contribution in [0, 0.1) is 34.5 Å². The molecule has 2 aliphatic heterocycles. The van der Waals surface area contributed by atoms with Crippen molar-refractivity contribution in [3.8, 4) is 0 Å². The van der Waals surface area contributed by atoms with Crippen molar-refractivity contribution in [2.45, 2.75) is 141 Å². The van der Waals surface area contributed by atoms with Crippen LogP contribution in [0.1, 0.15) is 115 Å². The molecular formula is C38H51NO6. The van der Waals surface area contributed by atoms with Gasteiger partial charge in [-0.3, -0.25) is 4.79 Å². The van der Waals surface area contributed by atoms with E-state index in [-0.39, 0.29) is 40.8 Å². The molecule has 2 saturated heterocycles. The maximum atomic E-state index is 14.2. The topological polar surface area (TPSA) is 109 Å². The summed E-state index contributed by atoms with van der Waals surface area (Å²) in [5.74, 6) is 0.535. The molecule has 0 amide bonds. The molecule has 2 saturated carbocycles. The zero-order valence-corrected chi connectivity index (χ0v) is 28.3. The number of rotatable bonds is 2. The van der Waals surface area contributed by atoms with E-state index in [0.717, 1.165) is 49.5 Å². The molecule has 0 radical (unpaired) electrons. The third-order valence-corrected chi connectivity index (χ3v) is 14.7. The molecule has 45 heavy (non-hydrogen) atoms. The number of ketones is 1. The molecule has 1 aromatic carbocycles. The summed E-state index contributed by atoms with van der Waals surface area (Å²) < 4.78 is 13.1. The van der Waals surface area contributed by atoms with Gasteiger partial charge in [-0.2, -0.15) is 0 Å².